The zero-order valence-electron chi connectivity index (χ0n) is 10.6. The highest BCUT2D eigenvalue weighted by molar-refractivity contribution is 5.94. The first-order valence-corrected chi connectivity index (χ1v) is 5.94. The number of Topliss-reactive ketones (excluding diaryl/α,β-unsaturated/α-hetero) is 1. The van der Waals surface area contributed by atoms with Crippen LogP contribution in [0.4, 0.5) is 0 Å². The molecule has 0 aliphatic carbocycles. The normalized spacial score (nSPS) is 10.1. The molecule has 0 heterocycles. The van der Waals surface area contributed by atoms with E-state index in [0.29, 0.717) is 12.2 Å². The maximum absolute atomic E-state index is 11.4. The van der Waals surface area contributed by atoms with E-state index in [1.165, 1.54) is 0 Å². The van der Waals surface area contributed by atoms with E-state index >= 15 is 0 Å². The first-order chi connectivity index (χ1) is 8.65. The molecule has 0 atom stereocenters. The van der Waals surface area contributed by atoms with E-state index in [-0.39, 0.29) is 5.78 Å². The maximum atomic E-state index is 11.4. The number of ketones is 1. The minimum Gasteiger partial charge on any atom is -0.489 e. The van der Waals surface area contributed by atoms with Crippen molar-refractivity contribution < 1.29 is 9.53 Å². The minimum atomic E-state index is 0.0586. The zero-order chi connectivity index (χ0) is 13.0. The van der Waals surface area contributed by atoms with Crippen LogP contribution in [0.15, 0.2) is 48.5 Å². The Labute approximate surface area is 107 Å². The molecule has 0 bridgehead atoms. The standard InChI is InChI=1S/C16H16O2/c1-12-8-15(13(2)17)10-16(9-12)18-11-14-6-4-3-5-7-14/h3-10H,11H2,1-2H3. The number of hydrogen-bond acceptors (Lipinski definition) is 2. The van der Waals surface area contributed by atoms with Gasteiger partial charge in [0.25, 0.3) is 0 Å². The molecular weight excluding hydrogens is 224 g/mol. The molecule has 0 aliphatic heterocycles. The fourth-order valence-electron chi connectivity index (χ4n) is 1.78. The van der Waals surface area contributed by atoms with Gasteiger partial charge in [0.05, 0.1) is 0 Å². The van der Waals surface area contributed by atoms with Crippen molar-refractivity contribution in [1.29, 1.82) is 0 Å². The Morgan fingerprint density at radius 3 is 2.50 bits per heavy atom. The number of carbonyl (C=O) groups is 1. The minimum absolute atomic E-state index is 0.0586. The summed E-state index contributed by atoms with van der Waals surface area (Å²) in [5.74, 6) is 0.798. The van der Waals surface area contributed by atoms with Crippen molar-refractivity contribution in [3.05, 3.63) is 65.2 Å². The summed E-state index contributed by atoms with van der Waals surface area (Å²) in [5, 5.41) is 0. The average molecular weight is 240 g/mol. The van der Waals surface area contributed by atoms with Gasteiger partial charge in [-0.1, -0.05) is 30.3 Å². The quantitative estimate of drug-likeness (QED) is 0.760. The predicted molar refractivity (Wildman–Crippen MR) is 72.0 cm³/mol. The SMILES string of the molecule is CC(=O)c1cc(C)cc(OCc2ccccc2)c1. The van der Waals surface area contributed by atoms with Gasteiger partial charge in [0.2, 0.25) is 0 Å². The number of aryl methyl sites for hydroxylation is 1. The largest absolute Gasteiger partial charge is 0.489 e. The Kier molecular flexibility index (Phi) is 3.78. The number of carbonyl (C=O) groups excluding carboxylic acids is 1. The number of hydrogen-bond donors (Lipinski definition) is 0. The van der Waals surface area contributed by atoms with Gasteiger partial charge in [-0.25, -0.2) is 0 Å². The van der Waals surface area contributed by atoms with Gasteiger partial charge in [0.1, 0.15) is 12.4 Å². The van der Waals surface area contributed by atoms with Crippen LogP contribution in [0.2, 0.25) is 0 Å². The molecular formula is C16H16O2. The Morgan fingerprint density at radius 1 is 1.11 bits per heavy atom. The summed E-state index contributed by atoms with van der Waals surface area (Å²) in [6.07, 6.45) is 0. The van der Waals surface area contributed by atoms with Crippen molar-refractivity contribution in [2.24, 2.45) is 0 Å². The van der Waals surface area contributed by atoms with E-state index in [1.807, 2.05) is 49.4 Å². The Hall–Kier alpha value is -2.09. The summed E-state index contributed by atoms with van der Waals surface area (Å²) in [5.41, 5.74) is 2.84. The third-order valence-electron chi connectivity index (χ3n) is 2.71. The predicted octanol–water partition coefficient (Wildman–Crippen LogP) is 3.78. The van der Waals surface area contributed by atoms with Gasteiger partial charge < -0.3 is 4.74 Å². The van der Waals surface area contributed by atoms with E-state index < -0.39 is 0 Å². The monoisotopic (exact) mass is 240 g/mol. The molecule has 0 amide bonds. The molecule has 0 unspecified atom stereocenters. The van der Waals surface area contributed by atoms with Crippen LogP contribution in [-0.2, 0) is 6.61 Å². The molecule has 18 heavy (non-hydrogen) atoms. The zero-order valence-corrected chi connectivity index (χ0v) is 10.6. The lowest BCUT2D eigenvalue weighted by Crippen LogP contribution is -1.98. The molecule has 0 fully saturated rings. The van der Waals surface area contributed by atoms with Crippen LogP contribution in [0.3, 0.4) is 0 Å². The van der Waals surface area contributed by atoms with E-state index in [2.05, 4.69) is 0 Å². The molecule has 0 aromatic heterocycles. The molecule has 0 spiro atoms. The smallest absolute Gasteiger partial charge is 0.159 e. The lowest BCUT2D eigenvalue weighted by Gasteiger charge is -2.08. The van der Waals surface area contributed by atoms with Gasteiger partial charge in [-0.15, -0.1) is 0 Å². The van der Waals surface area contributed by atoms with E-state index in [4.69, 9.17) is 4.74 Å². The summed E-state index contributed by atoms with van der Waals surface area (Å²) in [6.45, 7) is 4.04. The Morgan fingerprint density at radius 2 is 1.83 bits per heavy atom. The summed E-state index contributed by atoms with van der Waals surface area (Å²) in [7, 11) is 0. The van der Waals surface area contributed by atoms with Gasteiger partial charge in [-0.05, 0) is 43.2 Å². The highest BCUT2D eigenvalue weighted by Gasteiger charge is 2.04. The second-order valence-corrected chi connectivity index (χ2v) is 4.37. The molecule has 0 saturated carbocycles. The van der Waals surface area contributed by atoms with Crippen LogP contribution in [0.1, 0.15) is 28.4 Å². The van der Waals surface area contributed by atoms with Crippen molar-refractivity contribution >= 4 is 5.78 Å². The van der Waals surface area contributed by atoms with Crippen LogP contribution >= 0.6 is 0 Å². The Balaban J connectivity index is 2.12. The van der Waals surface area contributed by atoms with Gasteiger partial charge in [0, 0.05) is 5.56 Å². The van der Waals surface area contributed by atoms with Gasteiger partial charge in [-0.3, -0.25) is 4.79 Å². The van der Waals surface area contributed by atoms with Gasteiger partial charge >= 0.3 is 0 Å². The summed E-state index contributed by atoms with van der Waals surface area (Å²) >= 11 is 0. The third-order valence-corrected chi connectivity index (χ3v) is 2.71. The van der Waals surface area contributed by atoms with E-state index in [9.17, 15) is 4.79 Å². The molecule has 2 aromatic rings. The number of rotatable bonds is 4. The van der Waals surface area contributed by atoms with Crippen molar-refractivity contribution in [1.82, 2.24) is 0 Å². The van der Waals surface area contributed by atoms with Crippen molar-refractivity contribution in [3.63, 3.8) is 0 Å². The first kappa shape index (κ1) is 12.4. The van der Waals surface area contributed by atoms with Crippen LogP contribution in [0.25, 0.3) is 0 Å². The van der Waals surface area contributed by atoms with Crippen molar-refractivity contribution in [2.75, 3.05) is 0 Å². The lowest BCUT2D eigenvalue weighted by molar-refractivity contribution is 0.101. The van der Waals surface area contributed by atoms with E-state index in [0.717, 1.165) is 16.9 Å². The lowest BCUT2D eigenvalue weighted by atomic mass is 10.1. The molecule has 0 aliphatic rings. The third kappa shape index (κ3) is 3.20. The molecule has 0 N–H and O–H groups in total. The highest BCUT2D eigenvalue weighted by Crippen LogP contribution is 2.18. The Bertz CT molecular complexity index is 544. The van der Waals surface area contributed by atoms with Crippen molar-refractivity contribution in [2.45, 2.75) is 20.5 Å². The second kappa shape index (κ2) is 5.50. The van der Waals surface area contributed by atoms with Crippen molar-refractivity contribution in [3.8, 4) is 5.75 Å². The molecule has 2 rings (SSSR count). The topological polar surface area (TPSA) is 26.3 Å². The maximum Gasteiger partial charge on any atom is 0.159 e. The van der Waals surface area contributed by atoms with Crippen LogP contribution in [-0.4, -0.2) is 5.78 Å². The highest BCUT2D eigenvalue weighted by atomic mass is 16.5. The fourth-order valence-corrected chi connectivity index (χ4v) is 1.78. The number of benzene rings is 2. The molecule has 0 radical (unpaired) electrons. The van der Waals surface area contributed by atoms with Crippen LogP contribution < -0.4 is 4.74 Å². The van der Waals surface area contributed by atoms with Gasteiger partial charge in [-0.2, -0.15) is 0 Å². The van der Waals surface area contributed by atoms with Crippen LogP contribution in [0.5, 0.6) is 5.75 Å². The summed E-state index contributed by atoms with van der Waals surface area (Å²) in [4.78, 5) is 11.4. The summed E-state index contributed by atoms with van der Waals surface area (Å²) in [6, 6.07) is 15.6. The fraction of sp³-hybridized carbons (Fsp3) is 0.188. The summed E-state index contributed by atoms with van der Waals surface area (Å²) < 4.78 is 5.71. The van der Waals surface area contributed by atoms with Gasteiger partial charge in [0.15, 0.2) is 5.78 Å². The molecule has 2 heteroatoms. The molecule has 0 saturated heterocycles. The average Bonchev–Trinajstić information content (AvgIpc) is 2.37. The van der Waals surface area contributed by atoms with Crippen LogP contribution in [0, 0.1) is 6.92 Å². The molecule has 2 nitrogen and oxygen atoms in total. The van der Waals surface area contributed by atoms with E-state index in [1.54, 1.807) is 13.0 Å². The second-order valence-electron chi connectivity index (χ2n) is 4.37. The molecule has 2 aromatic carbocycles. The molecule has 92 valence electrons. The first-order valence-electron chi connectivity index (χ1n) is 5.94. The number of ether oxygens (including phenoxy) is 1.